The quantitative estimate of drug-likeness (QED) is 0.783. The third kappa shape index (κ3) is 1.98. The van der Waals surface area contributed by atoms with E-state index in [-0.39, 0.29) is 17.6 Å². The minimum absolute atomic E-state index is 0.0436. The van der Waals surface area contributed by atoms with E-state index in [0.29, 0.717) is 16.7 Å². The average Bonchev–Trinajstić information content (AvgIpc) is 2.62. The summed E-state index contributed by atoms with van der Waals surface area (Å²) in [7, 11) is 1.65. The van der Waals surface area contributed by atoms with Gasteiger partial charge in [0, 0.05) is 18.5 Å². The number of nitrogens with zero attached hydrogens (tertiary/aromatic N) is 1. The normalized spacial score (nSPS) is 13.2. The molecule has 0 fully saturated rings. The Hall–Kier alpha value is -1.84. The Morgan fingerprint density at radius 3 is 2.56 bits per heavy atom. The molecule has 1 aromatic heterocycles. The second-order valence-electron chi connectivity index (χ2n) is 5.01. The van der Waals surface area contributed by atoms with Crippen molar-refractivity contribution in [3.63, 3.8) is 0 Å². The van der Waals surface area contributed by atoms with Gasteiger partial charge in [-0.05, 0) is 24.1 Å². The van der Waals surface area contributed by atoms with Gasteiger partial charge in [0.25, 0.3) is 0 Å². The Bertz CT molecular complexity index is 649. The zero-order chi connectivity index (χ0) is 13.4. The van der Waals surface area contributed by atoms with Gasteiger partial charge in [-0.25, -0.2) is 4.79 Å². The lowest BCUT2D eigenvalue weighted by atomic mass is 9.90. The SMILES string of the molecule is CC(C)C(C)C(=O)c1ccc2c(c1)oc(=O)n2C. The van der Waals surface area contributed by atoms with Gasteiger partial charge in [0.15, 0.2) is 11.4 Å². The number of Topliss-reactive ketones (excluding diaryl/α,β-unsaturated/α-hetero) is 1. The number of hydrogen-bond donors (Lipinski definition) is 0. The molecule has 1 atom stereocenters. The van der Waals surface area contributed by atoms with Gasteiger partial charge in [0.2, 0.25) is 0 Å². The Labute approximate surface area is 105 Å². The van der Waals surface area contributed by atoms with E-state index in [0.717, 1.165) is 0 Å². The summed E-state index contributed by atoms with van der Waals surface area (Å²) in [6.45, 7) is 5.95. The molecule has 0 saturated heterocycles. The first-order chi connectivity index (χ1) is 8.41. The van der Waals surface area contributed by atoms with Gasteiger partial charge in [-0.1, -0.05) is 20.8 Å². The third-order valence-corrected chi connectivity index (χ3v) is 3.49. The monoisotopic (exact) mass is 247 g/mol. The molecule has 0 spiro atoms. The molecule has 0 N–H and O–H groups in total. The summed E-state index contributed by atoms with van der Waals surface area (Å²) in [5, 5.41) is 0. The van der Waals surface area contributed by atoms with E-state index in [9.17, 15) is 9.59 Å². The molecule has 2 aromatic rings. The first-order valence-electron chi connectivity index (χ1n) is 6.05. The fourth-order valence-corrected chi connectivity index (χ4v) is 1.85. The van der Waals surface area contributed by atoms with Crippen LogP contribution in [0.25, 0.3) is 11.1 Å². The fourth-order valence-electron chi connectivity index (χ4n) is 1.85. The zero-order valence-electron chi connectivity index (χ0n) is 11.1. The number of fused-ring (bicyclic) bond motifs is 1. The van der Waals surface area contributed by atoms with Crippen LogP contribution >= 0.6 is 0 Å². The van der Waals surface area contributed by atoms with E-state index in [1.165, 1.54) is 4.57 Å². The van der Waals surface area contributed by atoms with Gasteiger partial charge >= 0.3 is 5.76 Å². The average molecular weight is 247 g/mol. The number of aryl methyl sites for hydroxylation is 1. The summed E-state index contributed by atoms with van der Waals surface area (Å²) >= 11 is 0. The molecule has 1 unspecified atom stereocenters. The Morgan fingerprint density at radius 2 is 1.94 bits per heavy atom. The predicted octanol–water partition coefficient (Wildman–Crippen LogP) is 2.61. The van der Waals surface area contributed by atoms with Crippen molar-refractivity contribution in [2.24, 2.45) is 18.9 Å². The number of aromatic nitrogens is 1. The fraction of sp³-hybridized carbons (Fsp3) is 0.429. The van der Waals surface area contributed by atoms with Crippen LogP contribution in [-0.4, -0.2) is 10.4 Å². The van der Waals surface area contributed by atoms with Gasteiger partial charge in [-0.15, -0.1) is 0 Å². The molecule has 2 rings (SSSR count). The largest absolute Gasteiger partial charge is 0.419 e. The van der Waals surface area contributed by atoms with Gasteiger partial charge in [0.1, 0.15) is 0 Å². The molecule has 0 saturated carbocycles. The van der Waals surface area contributed by atoms with Crippen LogP contribution in [0.4, 0.5) is 0 Å². The molecule has 18 heavy (non-hydrogen) atoms. The highest BCUT2D eigenvalue weighted by Crippen LogP contribution is 2.20. The van der Waals surface area contributed by atoms with Crippen LogP contribution < -0.4 is 5.76 Å². The standard InChI is InChI=1S/C14H17NO3/c1-8(2)9(3)13(16)10-5-6-11-12(7-10)18-14(17)15(11)4/h5-9H,1-4H3. The number of oxazole rings is 1. The van der Waals surface area contributed by atoms with Gasteiger partial charge in [0.05, 0.1) is 5.52 Å². The van der Waals surface area contributed by atoms with E-state index in [4.69, 9.17) is 4.42 Å². The first-order valence-corrected chi connectivity index (χ1v) is 6.05. The number of benzene rings is 1. The van der Waals surface area contributed by atoms with Crippen molar-refractivity contribution >= 4 is 16.9 Å². The maximum absolute atomic E-state index is 12.2. The Kier molecular flexibility index (Phi) is 3.11. The highest BCUT2D eigenvalue weighted by atomic mass is 16.4. The first kappa shape index (κ1) is 12.6. The van der Waals surface area contributed by atoms with Crippen molar-refractivity contribution in [2.45, 2.75) is 20.8 Å². The van der Waals surface area contributed by atoms with E-state index in [1.54, 1.807) is 25.2 Å². The molecular weight excluding hydrogens is 230 g/mol. The smallest absolute Gasteiger partial charge is 0.408 e. The van der Waals surface area contributed by atoms with Crippen molar-refractivity contribution < 1.29 is 9.21 Å². The molecule has 0 radical (unpaired) electrons. The molecule has 96 valence electrons. The van der Waals surface area contributed by atoms with Gasteiger partial charge in [-0.2, -0.15) is 0 Å². The van der Waals surface area contributed by atoms with Crippen LogP contribution in [0.15, 0.2) is 27.4 Å². The van der Waals surface area contributed by atoms with Crippen molar-refractivity contribution in [3.05, 3.63) is 34.3 Å². The maximum Gasteiger partial charge on any atom is 0.419 e. The molecular formula is C14H17NO3. The van der Waals surface area contributed by atoms with E-state index in [2.05, 4.69) is 0 Å². The number of hydrogen-bond acceptors (Lipinski definition) is 3. The minimum Gasteiger partial charge on any atom is -0.408 e. The lowest BCUT2D eigenvalue weighted by Gasteiger charge is -2.13. The molecule has 0 amide bonds. The number of rotatable bonds is 3. The molecule has 0 aliphatic heterocycles. The van der Waals surface area contributed by atoms with Crippen molar-refractivity contribution in [1.29, 1.82) is 0 Å². The van der Waals surface area contributed by atoms with E-state index < -0.39 is 5.76 Å². The summed E-state index contributed by atoms with van der Waals surface area (Å²) in [5.74, 6) is -0.0845. The highest BCUT2D eigenvalue weighted by Gasteiger charge is 2.19. The van der Waals surface area contributed by atoms with Crippen LogP contribution in [0, 0.1) is 11.8 Å². The van der Waals surface area contributed by atoms with E-state index >= 15 is 0 Å². The predicted molar refractivity (Wildman–Crippen MR) is 69.8 cm³/mol. The Morgan fingerprint density at radius 1 is 1.28 bits per heavy atom. The number of ketones is 1. The zero-order valence-corrected chi connectivity index (χ0v) is 11.1. The third-order valence-electron chi connectivity index (χ3n) is 3.49. The van der Waals surface area contributed by atoms with Crippen molar-refractivity contribution in [1.82, 2.24) is 4.57 Å². The van der Waals surface area contributed by atoms with Crippen molar-refractivity contribution in [3.8, 4) is 0 Å². The van der Waals surface area contributed by atoms with Crippen LogP contribution in [0.2, 0.25) is 0 Å². The summed E-state index contributed by atoms with van der Waals surface area (Å²) in [6.07, 6.45) is 0. The molecule has 4 heteroatoms. The second kappa shape index (κ2) is 4.44. The summed E-state index contributed by atoms with van der Waals surface area (Å²) in [5.41, 5.74) is 1.76. The lowest BCUT2D eigenvalue weighted by molar-refractivity contribution is 0.0900. The van der Waals surface area contributed by atoms with Gasteiger partial charge < -0.3 is 4.42 Å². The van der Waals surface area contributed by atoms with Crippen LogP contribution in [-0.2, 0) is 7.05 Å². The molecule has 1 heterocycles. The van der Waals surface area contributed by atoms with E-state index in [1.807, 2.05) is 20.8 Å². The lowest BCUT2D eigenvalue weighted by Crippen LogP contribution is -2.16. The molecule has 0 bridgehead atoms. The summed E-state index contributed by atoms with van der Waals surface area (Å²) in [4.78, 5) is 23.6. The van der Waals surface area contributed by atoms with Crippen molar-refractivity contribution in [2.75, 3.05) is 0 Å². The summed E-state index contributed by atoms with van der Waals surface area (Å²) in [6, 6.07) is 5.15. The molecule has 1 aromatic carbocycles. The van der Waals surface area contributed by atoms with Crippen LogP contribution in [0.1, 0.15) is 31.1 Å². The molecule has 0 aliphatic carbocycles. The van der Waals surface area contributed by atoms with Gasteiger partial charge in [-0.3, -0.25) is 9.36 Å². The highest BCUT2D eigenvalue weighted by molar-refractivity contribution is 6.00. The summed E-state index contributed by atoms with van der Waals surface area (Å²) < 4.78 is 6.51. The van der Waals surface area contributed by atoms with Crippen LogP contribution in [0.3, 0.4) is 0 Å². The minimum atomic E-state index is -0.411. The number of carbonyl (C=O) groups is 1. The molecule has 4 nitrogen and oxygen atoms in total. The second-order valence-corrected chi connectivity index (χ2v) is 5.01. The topological polar surface area (TPSA) is 52.2 Å². The van der Waals surface area contributed by atoms with Crippen LogP contribution in [0.5, 0.6) is 0 Å². The number of carbonyl (C=O) groups excluding carboxylic acids is 1. The molecule has 0 aliphatic rings. The Balaban J connectivity index is 2.48. The maximum atomic E-state index is 12.2.